The van der Waals surface area contributed by atoms with E-state index < -0.39 is 10.8 Å². The summed E-state index contributed by atoms with van der Waals surface area (Å²) in [4.78, 5) is 0. The first-order valence-corrected chi connectivity index (χ1v) is 8.27. The smallest absolute Gasteiger partial charge is 0.248 e. The molecule has 1 heterocycles. The molecular formula is C12H14BrN3O2S. The van der Waals surface area contributed by atoms with Gasteiger partial charge in [0.05, 0.1) is 12.1 Å². The highest BCUT2D eigenvalue weighted by molar-refractivity contribution is 9.10. The lowest BCUT2D eigenvalue weighted by Gasteiger charge is -1.99. The summed E-state index contributed by atoms with van der Waals surface area (Å²) in [6.07, 6.45) is 1.68. The summed E-state index contributed by atoms with van der Waals surface area (Å²) < 4.78 is 17.4. The first-order chi connectivity index (χ1) is 9.16. The summed E-state index contributed by atoms with van der Waals surface area (Å²) in [5, 5.41) is 11.1. The summed E-state index contributed by atoms with van der Waals surface area (Å²) in [6.45, 7) is 1.14. The molecule has 0 saturated heterocycles. The monoisotopic (exact) mass is 343 g/mol. The molecule has 1 N–H and O–H groups in total. The predicted octanol–water partition coefficient (Wildman–Crippen LogP) is 1.97. The van der Waals surface area contributed by atoms with Gasteiger partial charge in [-0.05, 0) is 28.1 Å². The van der Waals surface area contributed by atoms with E-state index in [0.29, 0.717) is 30.6 Å². The number of nitrogens with zero attached hydrogens (tertiary/aromatic N) is 2. The van der Waals surface area contributed by atoms with Crippen molar-refractivity contribution in [1.29, 1.82) is 0 Å². The minimum absolute atomic E-state index is 0.481. The Balaban J connectivity index is 1.96. The van der Waals surface area contributed by atoms with Crippen LogP contribution in [-0.2, 0) is 17.3 Å². The second kappa shape index (κ2) is 6.93. The van der Waals surface area contributed by atoms with Gasteiger partial charge in [-0.3, -0.25) is 4.21 Å². The average molecular weight is 344 g/mol. The lowest BCUT2D eigenvalue weighted by molar-refractivity contribution is 0.482. The van der Waals surface area contributed by atoms with Crippen LogP contribution in [0.4, 0.5) is 0 Å². The number of rotatable bonds is 6. The van der Waals surface area contributed by atoms with Crippen LogP contribution in [0.15, 0.2) is 33.2 Å². The maximum atomic E-state index is 10.9. The quantitative estimate of drug-likeness (QED) is 0.812. The lowest BCUT2D eigenvalue weighted by atomic mass is 10.2. The van der Waals surface area contributed by atoms with E-state index >= 15 is 0 Å². The second-order valence-corrected chi connectivity index (χ2v) is 6.34. The molecule has 1 atom stereocenters. The van der Waals surface area contributed by atoms with Crippen molar-refractivity contribution in [3.8, 4) is 11.5 Å². The first-order valence-electron chi connectivity index (χ1n) is 5.75. The Hall–Kier alpha value is -1.05. The van der Waals surface area contributed by atoms with E-state index in [2.05, 4.69) is 31.4 Å². The molecule has 1 aromatic heterocycles. The molecule has 19 heavy (non-hydrogen) atoms. The van der Waals surface area contributed by atoms with Crippen LogP contribution in [0.2, 0.25) is 0 Å². The van der Waals surface area contributed by atoms with Gasteiger partial charge in [0.1, 0.15) is 0 Å². The minimum atomic E-state index is -0.786. The van der Waals surface area contributed by atoms with Crippen molar-refractivity contribution >= 4 is 26.7 Å². The zero-order valence-corrected chi connectivity index (χ0v) is 12.8. The molecule has 0 aliphatic carbocycles. The molecule has 0 amide bonds. The highest BCUT2D eigenvalue weighted by atomic mass is 79.9. The Morgan fingerprint density at radius 2 is 2.16 bits per heavy atom. The van der Waals surface area contributed by atoms with Gasteiger partial charge in [-0.15, -0.1) is 10.2 Å². The van der Waals surface area contributed by atoms with Gasteiger partial charge in [-0.2, -0.15) is 0 Å². The standard InChI is InChI=1S/C12H14BrN3O2S/c1-19(17)7-6-14-8-11-15-16-12(18-11)9-4-2-3-5-10(9)13/h2-5,14H,6-8H2,1H3. The van der Waals surface area contributed by atoms with Crippen LogP contribution >= 0.6 is 15.9 Å². The van der Waals surface area contributed by atoms with Gasteiger partial charge >= 0.3 is 0 Å². The van der Waals surface area contributed by atoms with Gasteiger partial charge in [0.15, 0.2) is 0 Å². The third kappa shape index (κ3) is 4.22. The van der Waals surface area contributed by atoms with Gasteiger partial charge in [0, 0.05) is 33.8 Å². The molecule has 0 radical (unpaired) electrons. The van der Waals surface area contributed by atoms with E-state index in [1.807, 2.05) is 24.3 Å². The zero-order chi connectivity index (χ0) is 13.7. The van der Waals surface area contributed by atoms with Crippen molar-refractivity contribution in [1.82, 2.24) is 15.5 Å². The van der Waals surface area contributed by atoms with Gasteiger partial charge in [-0.25, -0.2) is 0 Å². The fraction of sp³-hybridized carbons (Fsp3) is 0.333. The van der Waals surface area contributed by atoms with E-state index in [0.717, 1.165) is 10.0 Å². The molecule has 0 saturated carbocycles. The molecule has 1 aromatic carbocycles. The van der Waals surface area contributed by atoms with E-state index in [1.54, 1.807) is 6.26 Å². The molecule has 1 unspecified atom stereocenters. The summed E-state index contributed by atoms with van der Waals surface area (Å²) >= 11 is 3.44. The number of aromatic nitrogens is 2. The van der Waals surface area contributed by atoms with Gasteiger partial charge in [0.2, 0.25) is 11.8 Å². The Kier molecular flexibility index (Phi) is 5.24. The summed E-state index contributed by atoms with van der Waals surface area (Å²) in [5.41, 5.74) is 0.871. The van der Waals surface area contributed by atoms with Crippen LogP contribution in [-0.4, -0.2) is 33.0 Å². The van der Waals surface area contributed by atoms with Crippen LogP contribution in [0.25, 0.3) is 11.5 Å². The molecule has 0 spiro atoms. The Morgan fingerprint density at radius 3 is 2.89 bits per heavy atom. The summed E-state index contributed by atoms with van der Waals surface area (Å²) in [7, 11) is -0.786. The molecule has 0 fully saturated rings. The van der Waals surface area contributed by atoms with Crippen LogP contribution in [0.5, 0.6) is 0 Å². The SMILES string of the molecule is CS(=O)CCNCc1nnc(-c2ccccc2Br)o1. The van der Waals surface area contributed by atoms with Gasteiger partial charge in [-0.1, -0.05) is 12.1 Å². The average Bonchev–Trinajstić information content (AvgIpc) is 2.83. The normalized spacial score (nSPS) is 12.5. The Morgan fingerprint density at radius 1 is 1.37 bits per heavy atom. The lowest BCUT2D eigenvalue weighted by Crippen LogP contribution is -2.19. The fourth-order valence-electron chi connectivity index (χ4n) is 1.48. The molecule has 5 nitrogen and oxygen atoms in total. The number of halogens is 1. The molecule has 2 rings (SSSR count). The third-order valence-corrected chi connectivity index (χ3v) is 3.88. The van der Waals surface area contributed by atoms with E-state index in [4.69, 9.17) is 4.42 Å². The molecule has 0 aliphatic rings. The van der Waals surface area contributed by atoms with Crippen LogP contribution in [0, 0.1) is 0 Å². The Labute approximate surface area is 122 Å². The molecule has 7 heteroatoms. The van der Waals surface area contributed by atoms with Crippen LogP contribution < -0.4 is 5.32 Å². The number of hydrogen-bond acceptors (Lipinski definition) is 5. The molecule has 2 aromatic rings. The number of benzene rings is 1. The van der Waals surface area contributed by atoms with Crippen molar-refractivity contribution in [2.24, 2.45) is 0 Å². The summed E-state index contributed by atoms with van der Waals surface area (Å²) in [5.74, 6) is 1.63. The Bertz CT molecular complexity index is 574. The van der Waals surface area contributed by atoms with E-state index in [9.17, 15) is 4.21 Å². The molecular weight excluding hydrogens is 330 g/mol. The van der Waals surface area contributed by atoms with Crippen LogP contribution in [0.1, 0.15) is 5.89 Å². The highest BCUT2D eigenvalue weighted by Crippen LogP contribution is 2.26. The maximum absolute atomic E-state index is 10.9. The molecule has 102 valence electrons. The highest BCUT2D eigenvalue weighted by Gasteiger charge is 2.10. The molecule has 0 aliphatic heterocycles. The van der Waals surface area contributed by atoms with E-state index in [1.165, 1.54) is 0 Å². The number of hydrogen-bond donors (Lipinski definition) is 1. The van der Waals surface area contributed by atoms with Crippen molar-refractivity contribution in [2.75, 3.05) is 18.6 Å². The molecule has 0 bridgehead atoms. The fourth-order valence-corrected chi connectivity index (χ4v) is 2.37. The van der Waals surface area contributed by atoms with E-state index in [-0.39, 0.29) is 0 Å². The van der Waals surface area contributed by atoms with Crippen molar-refractivity contribution in [3.05, 3.63) is 34.6 Å². The van der Waals surface area contributed by atoms with Gasteiger partial charge in [0.25, 0.3) is 0 Å². The second-order valence-electron chi connectivity index (χ2n) is 3.93. The van der Waals surface area contributed by atoms with Crippen LogP contribution in [0.3, 0.4) is 0 Å². The maximum Gasteiger partial charge on any atom is 0.248 e. The number of nitrogens with one attached hydrogen (secondary N) is 1. The third-order valence-electron chi connectivity index (χ3n) is 2.41. The van der Waals surface area contributed by atoms with Gasteiger partial charge < -0.3 is 9.73 Å². The van der Waals surface area contributed by atoms with Crippen molar-refractivity contribution in [3.63, 3.8) is 0 Å². The zero-order valence-electron chi connectivity index (χ0n) is 10.4. The minimum Gasteiger partial charge on any atom is -0.419 e. The largest absolute Gasteiger partial charge is 0.419 e. The van der Waals surface area contributed by atoms with Crippen molar-refractivity contribution in [2.45, 2.75) is 6.54 Å². The predicted molar refractivity (Wildman–Crippen MR) is 78.1 cm³/mol. The van der Waals surface area contributed by atoms with Crippen molar-refractivity contribution < 1.29 is 8.63 Å². The first kappa shape index (κ1) is 14.4. The topological polar surface area (TPSA) is 68.0 Å². The summed E-state index contributed by atoms with van der Waals surface area (Å²) in [6, 6.07) is 7.68.